The van der Waals surface area contributed by atoms with Crippen LogP contribution in [0.5, 0.6) is 5.75 Å². The van der Waals surface area contributed by atoms with Crippen molar-refractivity contribution in [1.82, 2.24) is 20.0 Å². The Labute approximate surface area is 213 Å². The van der Waals surface area contributed by atoms with Crippen LogP contribution >= 0.6 is 0 Å². The number of benzene rings is 1. The van der Waals surface area contributed by atoms with E-state index in [9.17, 15) is 30.8 Å². The second-order valence-corrected chi connectivity index (χ2v) is 10.3. The maximum absolute atomic E-state index is 14.3. The summed E-state index contributed by atoms with van der Waals surface area (Å²) in [5.74, 6) is -2.22. The molecule has 206 valence electrons. The van der Waals surface area contributed by atoms with E-state index < -0.39 is 45.4 Å². The molecule has 1 aliphatic carbocycles. The van der Waals surface area contributed by atoms with E-state index in [1.807, 2.05) is 0 Å². The second-order valence-electron chi connectivity index (χ2n) is 8.53. The third-order valence-electron chi connectivity index (χ3n) is 5.91. The fraction of sp³-hybridized carbons (Fsp3) is 0.522. The second kappa shape index (κ2) is 12.0. The number of carbonyl (C=O) groups is 1. The normalized spacial score (nSPS) is 18.0. The van der Waals surface area contributed by atoms with Gasteiger partial charge in [-0.15, -0.1) is 0 Å². The van der Waals surface area contributed by atoms with Crippen molar-refractivity contribution in [3.05, 3.63) is 41.0 Å². The van der Waals surface area contributed by atoms with Crippen LogP contribution in [0.2, 0.25) is 0 Å². The molecule has 2 aromatic rings. The molecule has 2 atom stereocenters. The molecule has 1 amide bonds. The SMILES string of the molecule is C.CNC(=O)c1cc(Nc2ncc(C(F)(F)F)c(C[C@@H]3CCCC[C@H]3NS(C)(=O)=O)n2)c(OC)cc1F. The van der Waals surface area contributed by atoms with Crippen molar-refractivity contribution in [2.45, 2.75) is 51.7 Å². The average molecular weight is 550 g/mol. The molecule has 0 radical (unpaired) electrons. The summed E-state index contributed by atoms with van der Waals surface area (Å²) >= 11 is 0. The minimum atomic E-state index is -4.73. The summed E-state index contributed by atoms with van der Waals surface area (Å²) in [5, 5.41) is 5.00. The average Bonchev–Trinajstić information content (AvgIpc) is 2.79. The summed E-state index contributed by atoms with van der Waals surface area (Å²) < 4.78 is 86.7. The number of alkyl halides is 3. The number of ether oxygens (including phenoxy) is 1. The molecule has 1 saturated carbocycles. The lowest BCUT2D eigenvalue weighted by Crippen LogP contribution is -2.42. The van der Waals surface area contributed by atoms with E-state index in [0.29, 0.717) is 19.0 Å². The molecule has 37 heavy (non-hydrogen) atoms. The van der Waals surface area contributed by atoms with Crippen molar-refractivity contribution in [2.75, 3.05) is 25.7 Å². The number of carbonyl (C=O) groups excluding carboxylic acids is 1. The number of nitrogens with one attached hydrogen (secondary N) is 3. The summed E-state index contributed by atoms with van der Waals surface area (Å²) in [7, 11) is -0.974. The van der Waals surface area contributed by atoms with Crippen LogP contribution in [0.15, 0.2) is 18.3 Å². The van der Waals surface area contributed by atoms with Gasteiger partial charge in [0.25, 0.3) is 5.91 Å². The van der Waals surface area contributed by atoms with Crippen LogP contribution in [0, 0.1) is 11.7 Å². The van der Waals surface area contributed by atoms with E-state index in [0.717, 1.165) is 31.2 Å². The zero-order valence-corrected chi connectivity index (χ0v) is 20.7. The van der Waals surface area contributed by atoms with Crippen molar-refractivity contribution in [3.8, 4) is 5.75 Å². The Balaban J connectivity index is 0.00000481. The van der Waals surface area contributed by atoms with Crippen molar-refractivity contribution in [3.63, 3.8) is 0 Å². The first-order chi connectivity index (χ1) is 16.8. The molecule has 0 aliphatic heterocycles. The van der Waals surface area contributed by atoms with Crippen LogP contribution in [-0.4, -0.2) is 50.7 Å². The van der Waals surface area contributed by atoms with Gasteiger partial charge in [0.1, 0.15) is 11.6 Å². The molecule has 9 nitrogen and oxygen atoms in total. The van der Waals surface area contributed by atoms with Gasteiger partial charge in [-0.2, -0.15) is 13.2 Å². The Kier molecular flexibility index (Phi) is 9.83. The van der Waals surface area contributed by atoms with Crippen LogP contribution in [0.1, 0.15) is 54.7 Å². The Morgan fingerprint density at radius 1 is 1.22 bits per heavy atom. The number of hydrogen-bond acceptors (Lipinski definition) is 7. The first-order valence-corrected chi connectivity index (χ1v) is 13.0. The third kappa shape index (κ3) is 7.74. The number of rotatable bonds is 8. The fourth-order valence-electron chi connectivity index (χ4n) is 4.25. The number of sulfonamides is 1. The van der Waals surface area contributed by atoms with Crippen LogP contribution < -0.4 is 20.1 Å². The van der Waals surface area contributed by atoms with E-state index in [1.54, 1.807) is 0 Å². The van der Waals surface area contributed by atoms with Gasteiger partial charge in [0, 0.05) is 25.4 Å². The van der Waals surface area contributed by atoms with Gasteiger partial charge < -0.3 is 15.4 Å². The first-order valence-electron chi connectivity index (χ1n) is 11.1. The van der Waals surface area contributed by atoms with Crippen LogP contribution in [-0.2, 0) is 22.6 Å². The minimum absolute atomic E-state index is 0. The summed E-state index contributed by atoms with van der Waals surface area (Å²) in [6, 6.07) is 1.58. The standard InChI is InChI=1S/C22H27F4N5O4S.CH4/c1-27-20(32)13-9-18(19(35-2)10-15(13)23)30-21-28-11-14(22(24,25)26)17(29-21)8-12-6-4-5-7-16(12)31-36(3,33)34;/h9-12,16,31H,4-8H2,1-3H3,(H,27,32)(H,28,29,30);1H4/t12-,16+;/m0./s1. The maximum atomic E-state index is 14.3. The number of aromatic nitrogens is 2. The molecule has 1 aromatic carbocycles. The fourth-order valence-corrected chi connectivity index (χ4v) is 5.11. The predicted octanol–water partition coefficient (Wildman–Crippen LogP) is 4.03. The van der Waals surface area contributed by atoms with Crippen LogP contribution in [0.3, 0.4) is 0 Å². The number of amides is 1. The first kappa shape index (κ1) is 30.2. The highest BCUT2D eigenvalue weighted by atomic mass is 32.2. The number of nitrogens with zero attached hydrogens (tertiary/aromatic N) is 2. The third-order valence-corrected chi connectivity index (χ3v) is 6.64. The summed E-state index contributed by atoms with van der Waals surface area (Å²) in [4.78, 5) is 19.8. The smallest absolute Gasteiger partial charge is 0.419 e. The van der Waals surface area contributed by atoms with E-state index in [-0.39, 0.29) is 42.5 Å². The Bertz CT molecular complexity index is 1220. The van der Waals surface area contributed by atoms with Crippen molar-refractivity contribution >= 4 is 27.6 Å². The van der Waals surface area contributed by atoms with Gasteiger partial charge in [0.2, 0.25) is 16.0 Å². The van der Waals surface area contributed by atoms with E-state index >= 15 is 0 Å². The maximum Gasteiger partial charge on any atom is 0.419 e. The van der Waals surface area contributed by atoms with Gasteiger partial charge >= 0.3 is 6.18 Å². The van der Waals surface area contributed by atoms with Crippen LogP contribution in [0.4, 0.5) is 29.2 Å². The number of methoxy groups -OCH3 is 1. The molecule has 14 heteroatoms. The molecule has 1 heterocycles. The highest BCUT2D eigenvalue weighted by Crippen LogP contribution is 2.36. The minimum Gasteiger partial charge on any atom is -0.494 e. The molecular weight excluding hydrogens is 518 g/mol. The Hall–Kier alpha value is -3.00. The predicted molar refractivity (Wildman–Crippen MR) is 131 cm³/mol. The Morgan fingerprint density at radius 2 is 1.89 bits per heavy atom. The van der Waals surface area contributed by atoms with Gasteiger partial charge in [-0.1, -0.05) is 20.3 Å². The number of anilines is 2. The number of halogens is 4. The molecule has 0 unspecified atom stereocenters. The van der Waals surface area contributed by atoms with Gasteiger partial charge in [-0.05, 0) is 31.2 Å². The van der Waals surface area contributed by atoms with Crippen LogP contribution in [0.25, 0.3) is 0 Å². The largest absolute Gasteiger partial charge is 0.494 e. The van der Waals surface area contributed by atoms with Gasteiger partial charge in [0.15, 0.2) is 0 Å². The van der Waals surface area contributed by atoms with Gasteiger partial charge in [-0.3, -0.25) is 4.79 Å². The highest BCUT2D eigenvalue weighted by Gasteiger charge is 2.37. The number of hydrogen-bond donors (Lipinski definition) is 3. The lowest BCUT2D eigenvalue weighted by molar-refractivity contribution is -0.138. The summed E-state index contributed by atoms with van der Waals surface area (Å²) in [6.07, 6.45) is -0.685. The molecule has 1 aromatic heterocycles. The molecule has 3 N–H and O–H groups in total. The molecule has 1 aliphatic rings. The summed E-state index contributed by atoms with van der Waals surface area (Å²) in [6.45, 7) is 0. The monoisotopic (exact) mass is 549 g/mol. The molecule has 3 rings (SSSR count). The van der Waals surface area contributed by atoms with E-state index in [2.05, 4.69) is 25.3 Å². The van der Waals surface area contributed by atoms with Gasteiger partial charge in [0.05, 0.1) is 35.9 Å². The molecule has 0 bridgehead atoms. The Morgan fingerprint density at radius 3 is 2.49 bits per heavy atom. The molecule has 0 spiro atoms. The molecule has 0 saturated heterocycles. The quantitative estimate of drug-likeness (QED) is 0.425. The van der Waals surface area contributed by atoms with Crippen molar-refractivity contribution in [2.24, 2.45) is 5.92 Å². The van der Waals surface area contributed by atoms with E-state index in [1.165, 1.54) is 14.2 Å². The lowest BCUT2D eigenvalue weighted by Gasteiger charge is -2.32. The van der Waals surface area contributed by atoms with Crippen molar-refractivity contribution in [1.29, 1.82) is 0 Å². The van der Waals surface area contributed by atoms with Crippen molar-refractivity contribution < 1.29 is 35.5 Å². The molecular formula is C23H31F4N5O4S. The topological polar surface area (TPSA) is 122 Å². The zero-order valence-electron chi connectivity index (χ0n) is 19.9. The van der Waals surface area contributed by atoms with Gasteiger partial charge in [-0.25, -0.2) is 27.5 Å². The molecule has 1 fully saturated rings. The lowest BCUT2D eigenvalue weighted by atomic mass is 9.81. The van der Waals surface area contributed by atoms with E-state index in [4.69, 9.17) is 4.74 Å². The summed E-state index contributed by atoms with van der Waals surface area (Å²) in [5.41, 5.74) is -1.59. The zero-order chi connectivity index (χ0) is 26.7. The highest BCUT2D eigenvalue weighted by molar-refractivity contribution is 7.88.